The summed E-state index contributed by atoms with van der Waals surface area (Å²) in [6.45, 7) is 4.11. The molecule has 0 fully saturated rings. The summed E-state index contributed by atoms with van der Waals surface area (Å²) in [6, 6.07) is 13.1. The second-order valence-electron chi connectivity index (χ2n) is 7.69. The third-order valence-electron chi connectivity index (χ3n) is 5.31. The fourth-order valence-corrected chi connectivity index (χ4v) is 3.42. The number of rotatable bonds is 11. The fourth-order valence-electron chi connectivity index (χ4n) is 3.28. The van der Waals surface area contributed by atoms with Gasteiger partial charge in [0.2, 0.25) is 5.88 Å². The summed E-state index contributed by atoms with van der Waals surface area (Å²) in [4.78, 5) is 8.89. The van der Waals surface area contributed by atoms with E-state index in [0.29, 0.717) is 34.6 Å². The predicted octanol–water partition coefficient (Wildman–Crippen LogP) is 4.22. The van der Waals surface area contributed by atoms with E-state index in [1.807, 2.05) is 49.4 Å². The van der Waals surface area contributed by atoms with E-state index in [-0.39, 0.29) is 18.5 Å². The van der Waals surface area contributed by atoms with Gasteiger partial charge in [0.1, 0.15) is 23.5 Å². The topological polar surface area (TPSA) is 95.0 Å². The largest absolute Gasteiger partial charge is 0.497 e. The summed E-state index contributed by atoms with van der Waals surface area (Å²) < 4.78 is 21.6. The number of benzene rings is 2. The van der Waals surface area contributed by atoms with Crippen molar-refractivity contribution in [2.75, 3.05) is 34.5 Å². The van der Waals surface area contributed by atoms with Crippen LogP contribution in [0.3, 0.4) is 0 Å². The minimum Gasteiger partial charge on any atom is -0.497 e. The van der Waals surface area contributed by atoms with Gasteiger partial charge in [0.25, 0.3) is 0 Å². The predicted molar refractivity (Wildman–Crippen MR) is 131 cm³/mol. The van der Waals surface area contributed by atoms with Crippen LogP contribution in [0, 0.1) is 6.92 Å². The third-order valence-corrected chi connectivity index (χ3v) is 5.75. The van der Waals surface area contributed by atoms with Crippen LogP contribution in [-0.2, 0) is 0 Å². The quantitative estimate of drug-likeness (QED) is 0.415. The molecule has 0 saturated heterocycles. The number of halogens is 1. The molecule has 0 aliphatic carbocycles. The molecule has 0 amide bonds. The second kappa shape index (κ2) is 11.9. The van der Waals surface area contributed by atoms with E-state index in [1.54, 1.807) is 28.3 Å². The summed E-state index contributed by atoms with van der Waals surface area (Å²) in [5, 5.41) is 14.1. The van der Waals surface area contributed by atoms with E-state index in [9.17, 15) is 5.11 Å². The zero-order valence-corrected chi connectivity index (χ0v) is 20.7. The van der Waals surface area contributed by atoms with E-state index in [0.717, 1.165) is 16.9 Å². The molecule has 34 heavy (non-hydrogen) atoms. The number of nitrogens with zero attached hydrogens (tertiary/aromatic N) is 2. The van der Waals surface area contributed by atoms with Crippen molar-refractivity contribution in [1.82, 2.24) is 15.3 Å². The molecule has 1 aromatic heterocycles. The standard InChI is InChI=1S/C25H30ClN3O5/c1-15(18-8-11-21(32-4)22(12-18)33-5)27-13-19(30)14-34-25-23(26)16(2)28-24(29-25)17-6-9-20(31-3)10-7-17/h6-12,15,19,27,30H,13-14H2,1-5H3. The zero-order valence-electron chi connectivity index (χ0n) is 20.0. The maximum Gasteiger partial charge on any atom is 0.236 e. The van der Waals surface area contributed by atoms with Crippen molar-refractivity contribution >= 4 is 11.6 Å². The maximum absolute atomic E-state index is 10.5. The van der Waals surface area contributed by atoms with Crippen LogP contribution >= 0.6 is 11.6 Å². The number of aryl methyl sites for hydroxylation is 1. The molecule has 0 bridgehead atoms. The van der Waals surface area contributed by atoms with Gasteiger partial charge in [0.15, 0.2) is 17.3 Å². The lowest BCUT2D eigenvalue weighted by Gasteiger charge is -2.19. The van der Waals surface area contributed by atoms with Gasteiger partial charge in [-0.05, 0) is 55.8 Å². The monoisotopic (exact) mass is 487 g/mol. The molecule has 2 aromatic carbocycles. The average Bonchev–Trinajstić information content (AvgIpc) is 2.87. The van der Waals surface area contributed by atoms with Crippen molar-refractivity contribution < 1.29 is 24.1 Å². The Morgan fingerprint density at radius 1 is 0.971 bits per heavy atom. The number of methoxy groups -OCH3 is 3. The Bertz CT molecular complexity index is 1090. The van der Waals surface area contributed by atoms with Crippen molar-refractivity contribution in [3.05, 3.63) is 58.7 Å². The second-order valence-corrected chi connectivity index (χ2v) is 8.07. The number of ether oxygens (including phenoxy) is 4. The normalized spacial score (nSPS) is 12.7. The van der Waals surface area contributed by atoms with Crippen LogP contribution in [0.1, 0.15) is 24.2 Å². The lowest BCUT2D eigenvalue weighted by atomic mass is 10.1. The summed E-state index contributed by atoms with van der Waals surface area (Å²) in [7, 11) is 4.81. The van der Waals surface area contributed by atoms with E-state index in [1.165, 1.54) is 0 Å². The molecule has 3 rings (SSSR count). The maximum atomic E-state index is 10.5. The highest BCUT2D eigenvalue weighted by atomic mass is 35.5. The molecular weight excluding hydrogens is 458 g/mol. The molecule has 182 valence electrons. The van der Waals surface area contributed by atoms with Gasteiger partial charge in [0, 0.05) is 18.2 Å². The Morgan fingerprint density at radius 3 is 2.32 bits per heavy atom. The molecule has 9 heteroatoms. The Labute approximate surface area is 204 Å². The minimum atomic E-state index is -0.779. The third kappa shape index (κ3) is 6.28. The van der Waals surface area contributed by atoms with Crippen molar-refractivity contribution in [2.24, 2.45) is 0 Å². The van der Waals surface area contributed by atoms with Crippen LogP contribution in [0.4, 0.5) is 0 Å². The van der Waals surface area contributed by atoms with E-state index < -0.39 is 6.10 Å². The van der Waals surface area contributed by atoms with Gasteiger partial charge < -0.3 is 29.4 Å². The fraction of sp³-hybridized carbons (Fsp3) is 0.360. The molecule has 2 N–H and O–H groups in total. The molecule has 2 unspecified atom stereocenters. The average molecular weight is 488 g/mol. The first-order valence-corrected chi connectivity index (χ1v) is 11.2. The van der Waals surface area contributed by atoms with Gasteiger partial charge in [0.05, 0.1) is 27.0 Å². The van der Waals surface area contributed by atoms with Crippen molar-refractivity contribution in [1.29, 1.82) is 0 Å². The van der Waals surface area contributed by atoms with Gasteiger partial charge >= 0.3 is 0 Å². The number of aromatic nitrogens is 2. The summed E-state index contributed by atoms with van der Waals surface area (Å²) in [5.41, 5.74) is 2.40. The molecule has 2 atom stereocenters. The summed E-state index contributed by atoms with van der Waals surface area (Å²) in [6.07, 6.45) is -0.779. The first-order valence-electron chi connectivity index (χ1n) is 10.8. The number of aliphatic hydroxyl groups is 1. The molecule has 0 spiro atoms. The van der Waals surface area contributed by atoms with Gasteiger partial charge in [-0.2, -0.15) is 4.98 Å². The number of nitrogens with one attached hydrogen (secondary N) is 1. The number of hydrogen-bond acceptors (Lipinski definition) is 8. The first-order chi connectivity index (χ1) is 16.4. The smallest absolute Gasteiger partial charge is 0.236 e. The van der Waals surface area contributed by atoms with Gasteiger partial charge in [-0.15, -0.1) is 0 Å². The Kier molecular flexibility index (Phi) is 8.92. The summed E-state index contributed by atoms with van der Waals surface area (Å²) in [5.74, 6) is 2.77. The van der Waals surface area contributed by atoms with Gasteiger partial charge in [-0.1, -0.05) is 17.7 Å². The molecule has 8 nitrogen and oxygen atoms in total. The highest BCUT2D eigenvalue weighted by molar-refractivity contribution is 6.32. The van der Waals surface area contributed by atoms with Crippen molar-refractivity contribution in [3.63, 3.8) is 0 Å². The first kappa shape index (κ1) is 25.6. The van der Waals surface area contributed by atoms with Crippen LogP contribution in [0.25, 0.3) is 11.4 Å². The molecule has 3 aromatic rings. The van der Waals surface area contributed by atoms with Crippen LogP contribution in [0.15, 0.2) is 42.5 Å². The number of hydrogen-bond donors (Lipinski definition) is 2. The minimum absolute atomic E-state index is 0.0177. The lowest BCUT2D eigenvalue weighted by Crippen LogP contribution is -2.33. The Morgan fingerprint density at radius 2 is 1.68 bits per heavy atom. The highest BCUT2D eigenvalue weighted by Gasteiger charge is 2.16. The van der Waals surface area contributed by atoms with Crippen molar-refractivity contribution in [2.45, 2.75) is 26.0 Å². The van der Waals surface area contributed by atoms with E-state index >= 15 is 0 Å². The number of aliphatic hydroxyl groups excluding tert-OH is 1. The van der Waals surface area contributed by atoms with E-state index in [2.05, 4.69) is 15.3 Å². The Hall–Kier alpha value is -3.07. The Balaban J connectivity index is 1.61. The van der Waals surface area contributed by atoms with Crippen LogP contribution in [-0.4, -0.2) is 55.7 Å². The van der Waals surface area contributed by atoms with Gasteiger partial charge in [-0.3, -0.25) is 0 Å². The SMILES string of the molecule is COc1ccc(-c2nc(C)c(Cl)c(OCC(O)CNC(C)c3ccc(OC)c(OC)c3)n2)cc1. The molecule has 1 heterocycles. The zero-order chi connectivity index (χ0) is 24.7. The van der Waals surface area contributed by atoms with Crippen LogP contribution < -0.4 is 24.3 Å². The molecule has 0 aliphatic rings. The van der Waals surface area contributed by atoms with Gasteiger partial charge in [-0.25, -0.2) is 4.98 Å². The van der Waals surface area contributed by atoms with E-state index in [4.69, 9.17) is 30.5 Å². The van der Waals surface area contributed by atoms with Crippen LogP contribution in [0.5, 0.6) is 23.1 Å². The highest BCUT2D eigenvalue weighted by Crippen LogP contribution is 2.30. The molecule has 0 aliphatic heterocycles. The van der Waals surface area contributed by atoms with Crippen molar-refractivity contribution in [3.8, 4) is 34.5 Å². The molecular formula is C25H30ClN3O5. The molecule has 0 radical (unpaired) electrons. The summed E-state index contributed by atoms with van der Waals surface area (Å²) >= 11 is 6.36. The molecule has 0 saturated carbocycles. The van der Waals surface area contributed by atoms with Crippen LogP contribution in [0.2, 0.25) is 5.02 Å². The lowest BCUT2D eigenvalue weighted by molar-refractivity contribution is 0.102.